The minimum absolute atomic E-state index is 0.194. The van der Waals surface area contributed by atoms with Gasteiger partial charge >= 0.3 is 5.97 Å². The molecule has 0 bridgehead atoms. The van der Waals surface area contributed by atoms with Gasteiger partial charge in [0, 0.05) is 5.56 Å². The molecule has 0 N–H and O–H groups in total. The summed E-state index contributed by atoms with van der Waals surface area (Å²) in [6.07, 6.45) is 0. The summed E-state index contributed by atoms with van der Waals surface area (Å²) < 4.78 is 31.2. The van der Waals surface area contributed by atoms with Crippen molar-refractivity contribution in [2.45, 2.75) is 19.8 Å². The molecular weight excluding hydrogens is 202 g/mol. The predicted molar refractivity (Wildman–Crippen MR) is 51.4 cm³/mol. The second kappa shape index (κ2) is 4.87. The van der Waals surface area contributed by atoms with Crippen molar-refractivity contribution in [3.63, 3.8) is 0 Å². The summed E-state index contributed by atoms with van der Waals surface area (Å²) in [7, 11) is 0. The van der Waals surface area contributed by atoms with Crippen molar-refractivity contribution < 1.29 is 18.3 Å². The van der Waals surface area contributed by atoms with Crippen molar-refractivity contribution in [3.8, 4) is 0 Å². The van der Waals surface area contributed by atoms with Gasteiger partial charge in [-0.15, -0.1) is 0 Å². The Morgan fingerprint density at radius 1 is 1.40 bits per heavy atom. The quantitative estimate of drug-likeness (QED) is 0.723. The number of halogens is 2. The van der Waals surface area contributed by atoms with E-state index in [0.29, 0.717) is 0 Å². The Hall–Kier alpha value is -1.45. The number of carbonyl (C=O) groups is 1. The first-order valence-electron chi connectivity index (χ1n) is 4.68. The van der Waals surface area contributed by atoms with Crippen molar-refractivity contribution in [3.05, 3.63) is 35.4 Å². The van der Waals surface area contributed by atoms with Gasteiger partial charge in [-0.2, -0.15) is 0 Å². The lowest BCUT2D eigenvalue weighted by Gasteiger charge is -2.12. The maximum Gasteiger partial charge on any atom is 0.313 e. The van der Waals surface area contributed by atoms with E-state index in [2.05, 4.69) is 0 Å². The van der Waals surface area contributed by atoms with Crippen LogP contribution in [-0.4, -0.2) is 12.6 Å². The standard InChI is InChI=1S/C11H12F2O2/c1-3-15-11(14)7(2)10-8(12)5-4-6-9(10)13/h4-7H,3H2,1-2H3. The number of benzene rings is 1. The Balaban J connectivity index is 3.00. The van der Waals surface area contributed by atoms with Gasteiger partial charge in [0.2, 0.25) is 0 Å². The van der Waals surface area contributed by atoms with Gasteiger partial charge < -0.3 is 4.74 Å². The highest BCUT2D eigenvalue weighted by atomic mass is 19.1. The first kappa shape index (κ1) is 11.6. The number of esters is 1. The Bertz CT molecular complexity index is 343. The number of hydrogen-bond acceptors (Lipinski definition) is 2. The molecule has 1 aromatic rings. The van der Waals surface area contributed by atoms with Crippen LogP contribution in [0, 0.1) is 11.6 Å². The van der Waals surface area contributed by atoms with Crippen LogP contribution in [0.5, 0.6) is 0 Å². The lowest BCUT2D eigenvalue weighted by Crippen LogP contribution is -2.15. The lowest BCUT2D eigenvalue weighted by atomic mass is 10.0. The molecule has 4 heteroatoms. The van der Waals surface area contributed by atoms with Crippen molar-refractivity contribution in [1.29, 1.82) is 0 Å². The molecule has 0 aliphatic rings. The molecule has 1 unspecified atom stereocenters. The monoisotopic (exact) mass is 214 g/mol. The van der Waals surface area contributed by atoms with Crippen LogP contribution >= 0.6 is 0 Å². The van der Waals surface area contributed by atoms with Crippen LogP contribution in [0.1, 0.15) is 25.3 Å². The third-order valence-corrected chi connectivity index (χ3v) is 2.07. The average molecular weight is 214 g/mol. The molecule has 0 aromatic heterocycles. The van der Waals surface area contributed by atoms with Gasteiger partial charge in [-0.3, -0.25) is 4.79 Å². The maximum atomic E-state index is 13.3. The van der Waals surface area contributed by atoms with Gasteiger partial charge in [-0.05, 0) is 26.0 Å². The number of ether oxygens (including phenoxy) is 1. The van der Waals surface area contributed by atoms with E-state index in [9.17, 15) is 13.6 Å². The smallest absolute Gasteiger partial charge is 0.313 e. The molecule has 0 saturated heterocycles. The highest BCUT2D eigenvalue weighted by Crippen LogP contribution is 2.23. The van der Waals surface area contributed by atoms with E-state index in [1.165, 1.54) is 13.0 Å². The minimum Gasteiger partial charge on any atom is -0.466 e. The fraction of sp³-hybridized carbons (Fsp3) is 0.364. The summed E-state index contributed by atoms with van der Waals surface area (Å²) in [4.78, 5) is 11.3. The lowest BCUT2D eigenvalue weighted by molar-refractivity contribution is -0.144. The molecule has 0 radical (unpaired) electrons. The molecule has 2 nitrogen and oxygen atoms in total. The molecule has 0 spiro atoms. The molecule has 0 aliphatic carbocycles. The zero-order valence-corrected chi connectivity index (χ0v) is 8.59. The fourth-order valence-corrected chi connectivity index (χ4v) is 1.31. The van der Waals surface area contributed by atoms with Crippen LogP contribution in [0.2, 0.25) is 0 Å². The summed E-state index contributed by atoms with van der Waals surface area (Å²) in [6.45, 7) is 3.25. The molecule has 15 heavy (non-hydrogen) atoms. The van der Waals surface area contributed by atoms with Crippen molar-refractivity contribution in [2.24, 2.45) is 0 Å². The van der Waals surface area contributed by atoms with Gasteiger partial charge in [-0.25, -0.2) is 8.78 Å². The number of rotatable bonds is 3. The second-order valence-electron chi connectivity index (χ2n) is 3.11. The van der Waals surface area contributed by atoms with Gasteiger partial charge in [0.05, 0.1) is 12.5 Å². The van der Waals surface area contributed by atoms with Crippen LogP contribution in [-0.2, 0) is 9.53 Å². The van der Waals surface area contributed by atoms with E-state index < -0.39 is 23.5 Å². The van der Waals surface area contributed by atoms with E-state index in [-0.39, 0.29) is 12.2 Å². The van der Waals surface area contributed by atoms with Crippen LogP contribution in [0.15, 0.2) is 18.2 Å². The fourth-order valence-electron chi connectivity index (χ4n) is 1.31. The molecule has 1 atom stereocenters. The van der Waals surface area contributed by atoms with E-state index in [1.807, 2.05) is 0 Å². The van der Waals surface area contributed by atoms with E-state index in [1.54, 1.807) is 6.92 Å². The zero-order chi connectivity index (χ0) is 11.4. The molecule has 1 rings (SSSR count). The van der Waals surface area contributed by atoms with Crippen LogP contribution in [0.3, 0.4) is 0 Å². The first-order valence-corrected chi connectivity index (χ1v) is 4.68. The molecular formula is C11H12F2O2. The van der Waals surface area contributed by atoms with Gasteiger partial charge in [0.15, 0.2) is 0 Å². The topological polar surface area (TPSA) is 26.3 Å². The Morgan fingerprint density at radius 2 is 1.93 bits per heavy atom. The normalized spacial score (nSPS) is 12.3. The highest BCUT2D eigenvalue weighted by Gasteiger charge is 2.23. The highest BCUT2D eigenvalue weighted by molar-refractivity contribution is 5.77. The van der Waals surface area contributed by atoms with Crippen LogP contribution in [0.25, 0.3) is 0 Å². The summed E-state index contributed by atoms with van der Waals surface area (Å²) >= 11 is 0. The zero-order valence-electron chi connectivity index (χ0n) is 8.59. The Morgan fingerprint density at radius 3 is 2.40 bits per heavy atom. The maximum absolute atomic E-state index is 13.3. The van der Waals surface area contributed by atoms with E-state index >= 15 is 0 Å². The molecule has 0 amide bonds. The van der Waals surface area contributed by atoms with Gasteiger partial charge in [-0.1, -0.05) is 6.07 Å². The van der Waals surface area contributed by atoms with Crippen LogP contribution < -0.4 is 0 Å². The molecule has 0 fully saturated rings. The SMILES string of the molecule is CCOC(=O)C(C)c1c(F)cccc1F. The first-order chi connectivity index (χ1) is 7.07. The largest absolute Gasteiger partial charge is 0.466 e. The third kappa shape index (κ3) is 2.52. The number of hydrogen-bond donors (Lipinski definition) is 0. The molecule has 1 aromatic carbocycles. The minimum atomic E-state index is -0.925. The van der Waals surface area contributed by atoms with Gasteiger partial charge in [0.1, 0.15) is 11.6 Å². The molecule has 82 valence electrons. The van der Waals surface area contributed by atoms with Crippen LogP contribution in [0.4, 0.5) is 8.78 Å². The van der Waals surface area contributed by atoms with Gasteiger partial charge in [0.25, 0.3) is 0 Å². The summed E-state index contributed by atoms with van der Waals surface area (Å²) in [5.41, 5.74) is -0.240. The van der Waals surface area contributed by atoms with Crippen molar-refractivity contribution in [1.82, 2.24) is 0 Å². The van der Waals surface area contributed by atoms with Crippen molar-refractivity contribution in [2.75, 3.05) is 6.61 Å². The summed E-state index contributed by atoms with van der Waals surface area (Å²) in [6, 6.07) is 3.49. The molecule has 0 heterocycles. The Labute approximate surface area is 86.9 Å². The van der Waals surface area contributed by atoms with E-state index in [4.69, 9.17) is 4.74 Å². The molecule has 0 saturated carbocycles. The van der Waals surface area contributed by atoms with Crippen molar-refractivity contribution >= 4 is 5.97 Å². The van der Waals surface area contributed by atoms with E-state index in [0.717, 1.165) is 12.1 Å². The second-order valence-corrected chi connectivity index (χ2v) is 3.11. The molecule has 0 aliphatic heterocycles. The summed E-state index contributed by atoms with van der Waals surface area (Å²) in [5.74, 6) is -3.00. The third-order valence-electron chi connectivity index (χ3n) is 2.07. The Kier molecular flexibility index (Phi) is 3.77. The predicted octanol–water partition coefficient (Wildman–Crippen LogP) is 2.63. The number of carbonyl (C=O) groups excluding carboxylic acids is 1. The average Bonchev–Trinajstić information content (AvgIpc) is 2.17. The summed E-state index contributed by atoms with van der Waals surface area (Å²) in [5, 5.41) is 0.